The largest absolute Gasteiger partial charge is 0.467 e. The number of carbonyl (C=O) groups excluding carboxylic acids is 2. The fourth-order valence-electron chi connectivity index (χ4n) is 2.32. The highest BCUT2D eigenvalue weighted by molar-refractivity contribution is 5.91. The fourth-order valence-corrected chi connectivity index (χ4v) is 2.32. The van der Waals surface area contributed by atoms with E-state index in [1.807, 2.05) is 0 Å². The Morgan fingerprint density at radius 3 is 2.14 bits per heavy atom. The molecule has 0 fully saturated rings. The topological polar surface area (TPSA) is 104 Å². The molecular formula is C21H18FN3O4. The van der Waals surface area contributed by atoms with Gasteiger partial charge >= 0.3 is 0 Å². The summed E-state index contributed by atoms with van der Waals surface area (Å²) < 4.78 is 24.1. The molecular weight excluding hydrogens is 377 g/mol. The summed E-state index contributed by atoms with van der Waals surface area (Å²) in [5, 5.41) is 0. The fraction of sp³-hybridized carbons (Fsp3) is 0.143. The van der Waals surface area contributed by atoms with Crippen LogP contribution in [0.25, 0.3) is 11.4 Å². The lowest BCUT2D eigenvalue weighted by Crippen LogP contribution is -2.22. The van der Waals surface area contributed by atoms with Crippen LogP contribution < -0.4 is 15.2 Å². The van der Waals surface area contributed by atoms with Crippen molar-refractivity contribution in [2.75, 3.05) is 0 Å². The van der Waals surface area contributed by atoms with Crippen molar-refractivity contribution in [2.45, 2.75) is 20.0 Å². The molecule has 0 spiro atoms. The van der Waals surface area contributed by atoms with Crippen LogP contribution in [-0.4, -0.2) is 27.8 Å². The standard InChI is InChI=1S/C21H18FN3O4/c1-12(26)13(2)28-19-11-18(20(23)27)24-21(25-19)14-3-7-16(8-4-14)29-17-9-5-15(22)6-10-17/h3-11,13H,1-2H3,(H2,23,27)/t13-/m0/s1. The van der Waals surface area contributed by atoms with Gasteiger partial charge in [-0.3, -0.25) is 9.59 Å². The van der Waals surface area contributed by atoms with Gasteiger partial charge in [0.15, 0.2) is 17.7 Å². The normalized spacial score (nSPS) is 11.6. The molecule has 0 aliphatic rings. The Bertz CT molecular complexity index is 1040. The molecule has 2 aromatic carbocycles. The molecule has 148 valence electrons. The summed E-state index contributed by atoms with van der Waals surface area (Å²) in [5.41, 5.74) is 5.89. The summed E-state index contributed by atoms with van der Waals surface area (Å²) in [6, 6.07) is 13.7. The van der Waals surface area contributed by atoms with Gasteiger partial charge in [-0.05, 0) is 62.4 Å². The second kappa shape index (κ2) is 8.47. The highest BCUT2D eigenvalue weighted by atomic mass is 19.1. The second-order valence-corrected chi connectivity index (χ2v) is 6.23. The van der Waals surface area contributed by atoms with Crippen molar-refractivity contribution in [3.8, 4) is 28.8 Å². The third kappa shape index (κ3) is 5.13. The van der Waals surface area contributed by atoms with Gasteiger partial charge in [-0.15, -0.1) is 0 Å². The average Bonchev–Trinajstić information content (AvgIpc) is 2.70. The van der Waals surface area contributed by atoms with Gasteiger partial charge in [0, 0.05) is 11.6 Å². The molecule has 1 atom stereocenters. The first-order valence-corrected chi connectivity index (χ1v) is 8.71. The minimum atomic E-state index is -0.745. The van der Waals surface area contributed by atoms with E-state index in [-0.39, 0.29) is 29.0 Å². The maximum absolute atomic E-state index is 13.0. The molecule has 3 rings (SSSR count). The smallest absolute Gasteiger partial charge is 0.267 e. The highest BCUT2D eigenvalue weighted by Crippen LogP contribution is 2.26. The zero-order valence-corrected chi connectivity index (χ0v) is 15.8. The Hall–Kier alpha value is -3.81. The number of benzene rings is 2. The molecule has 0 aliphatic carbocycles. The van der Waals surface area contributed by atoms with Gasteiger partial charge in [-0.2, -0.15) is 4.98 Å². The van der Waals surface area contributed by atoms with Crippen molar-refractivity contribution in [1.82, 2.24) is 9.97 Å². The molecule has 1 heterocycles. The molecule has 3 aromatic rings. The molecule has 8 heteroatoms. The van der Waals surface area contributed by atoms with E-state index in [0.717, 1.165) is 0 Å². The minimum absolute atomic E-state index is 0.0348. The molecule has 0 aliphatic heterocycles. The number of nitrogens with two attached hydrogens (primary N) is 1. The molecule has 7 nitrogen and oxygen atoms in total. The van der Waals surface area contributed by atoms with Gasteiger partial charge in [0.2, 0.25) is 5.88 Å². The van der Waals surface area contributed by atoms with Crippen LogP contribution in [0.5, 0.6) is 17.4 Å². The number of ether oxygens (including phenoxy) is 2. The quantitative estimate of drug-likeness (QED) is 0.656. The number of nitrogens with zero attached hydrogens (tertiary/aromatic N) is 2. The van der Waals surface area contributed by atoms with Crippen LogP contribution in [0.3, 0.4) is 0 Å². The van der Waals surface area contributed by atoms with Gasteiger partial charge in [-0.1, -0.05) is 0 Å². The third-order valence-electron chi connectivity index (χ3n) is 3.99. The third-order valence-corrected chi connectivity index (χ3v) is 3.99. The van der Waals surface area contributed by atoms with E-state index < -0.39 is 12.0 Å². The molecule has 1 amide bonds. The zero-order valence-electron chi connectivity index (χ0n) is 15.8. The number of halogens is 1. The summed E-state index contributed by atoms with van der Waals surface area (Å²) in [6.07, 6.45) is -0.732. The summed E-state index contributed by atoms with van der Waals surface area (Å²) in [4.78, 5) is 31.4. The summed E-state index contributed by atoms with van der Waals surface area (Å²) >= 11 is 0. The van der Waals surface area contributed by atoms with E-state index in [2.05, 4.69) is 9.97 Å². The van der Waals surface area contributed by atoms with Crippen LogP contribution in [0.2, 0.25) is 0 Å². The summed E-state index contributed by atoms with van der Waals surface area (Å²) in [5.74, 6) is 0.00117. The van der Waals surface area contributed by atoms with Crippen molar-refractivity contribution in [3.05, 3.63) is 66.1 Å². The van der Waals surface area contributed by atoms with Gasteiger partial charge in [-0.25, -0.2) is 9.37 Å². The van der Waals surface area contributed by atoms with Gasteiger partial charge in [0.1, 0.15) is 23.0 Å². The van der Waals surface area contributed by atoms with Crippen molar-refractivity contribution >= 4 is 11.7 Å². The Labute approximate surface area is 166 Å². The Balaban J connectivity index is 1.86. The van der Waals surface area contributed by atoms with Crippen LogP contribution in [0, 0.1) is 5.82 Å². The number of hydrogen-bond acceptors (Lipinski definition) is 6. The number of primary amides is 1. The van der Waals surface area contributed by atoms with Crippen LogP contribution in [0.4, 0.5) is 4.39 Å². The number of aromatic nitrogens is 2. The average molecular weight is 395 g/mol. The van der Waals surface area contributed by atoms with E-state index in [4.69, 9.17) is 15.2 Å². The number of carbonyl (C=O) groups is 2. The maximum atomic E-state index is 13.0. The van der Waals surface area contributed by atoms with Crippen LogP contribution in [0.15, 0.2) is 54.6 Å². The summed E-state index contributed by atoms with van der Waals surface area (Å²) in [6.45, 7) is 2.97. The first kappa shape index (κ1) is 19.9. The number of amides is 1. The van der Waals surface area contributed by atoms with E-state index in [1.54, 1.807) is 31.2 Å². The molecule has 0 saturated heterocycles. The first-order valence-electron chi connectivity index (χ1n) is 8.71. The molecule has 0 radical (unpaired) electrons. The molecule has 1 aromatic heterocycles. The van der Waals surface area contributed by atoms with E-state index >= 15 is 0 Å². The Kier molecular flexibility index (Phi) is 5.82. The van der Waals surface area contributed by atoms with Crippen molar-refractivity contribution in [2.24, 2.45) is 5.73 Å². The first-order chi connectivity index (χ1) is 13.8. The molecule has 0 saturated carbocycles. The van der Waals surface area contributed by atoms with Crippen molar-refractivity contribution in [1.29, 1.82) is 0 Å². The molecule has 29 heavy (non-hydrogen) atoms. The van der Waals surface area contributed by atoms with Gasteiger partial charge < -0.3 is 15.2 Å². The molecule has 2 N–H and O–H groups in total. The highest BCUT2D eigenvalue weighted by Gasteiger charge is 2.15. The lowest BCUT2D eigenvalue weighted by Gasteiger charge is -2.12. The predicted molar refractivity (Wildman–Crippen MR) is 103 cm³/mol. The Morgan fingerprint density at radius 1 is 1.00 bits per heavy atom. The summed E-state index contributed by atoms with van der Waals surface area (Å²) in [7, 11) is 0. The van der Waals surface area contributed by atoms with Crippen LogP contribution in [0.1, 0.15) is 24.3 Å². The Morgan fingerprint density at radius 2 is 1.59 bits per heavy atom. The van der Waals surface area contributed by atoms with Crippen molar-refractivity contribution < 1.29 is 23.5 Å². The molecule has 0 bridgehead atoms. The number of rotatable bonds is 7. The monoisotopic (exact) mass is 395 g/mol. The zero-order chi connectivity index (χ0) is 21.0. The molecule has 0 unspecified atom stereocenters. The minimum Gasteiger partial charge on any atom is -0.467 e. The van der Waals surface area contributed by atoms with Gasteiger partial charge in [0.25, 0.3) is 5.91 Å². The van der Waals surface area contributed by atoms with E-state index in [9.17, 15) is 14.0 Å². The van der Waals surface area contributed by atoms with Crippen molar-refractivity contribution in [3.63, 3.8) is 0 Å². The van der Waals surface area contributed by atoms with E-state index in [0.29, 0.717) is 17.1 Å². The number of ketones is 1. The van der Waals surface area contributed by atoms with Gasteiger partial charge in [0.05, 0.1) is 0 Å². The lowest BCUT2D eigenvalue weighted by molar-refractivity contribution is -0.123. The number of Topliss-reactive ketones (excluding diaryl/α,β-unsaturated/α-hetero) is 1. The second-order valence-electron chi connectivity index (χ2n) is 6.23. The number of hydrogen-bond donors (Lipinski definition) is 1. The maximum Gasteiger partial charge on any atom is 0.267 e. The van der Waals surface area contributed by atoms with Crippen LogP contribution >= 0.6 is 0 Å². The van der Waals surface area contributed by atoms with Crippen LogP contribution in [-0.2, 0) is 4.79 Å². The van der Waals surface area contributed by atoms with E-state index in [1.165, 1.54) is 37.3 Å². The lowest BCUT2D eigenvalue weighted by atomic mass is 10.2. The predicted octanol–water partition coefficient (Wildman–Crippen LogP) is 3.53. The SMILES string of the molecule is CC(=O)[C@H](C)Oc1cc(C(N)=O)nc(-c2ccc(Oc3ccc(F)cc3)cc2)n1.